The maximum Gasteiger partial charge on any atom is 0.251 e. The minimum absolute atomic E-state index is 0.0161. The van der Waals surface area contributed by atoms with Gasteiger partial charge >= 0.3 is 0 Å². The fraction of sp³-hybridized carbons (Fsp3) is 0.417. The first-order chi connectivity index (χ1) is 13.4. The van der Waals surface area contributed by atoms with E-state index in [4.69, 9.17) is 0 Å². The number of hydrogen-bond acceptors (Lipinski definition) is 2. The number of carbonyl (C=O) groups is 2. The third kappa shape index (κ3) is 6.84. The maximum absolute atomic E-state index is 12.2. The SMILES string of the molecule is CCC(C)NC(=O)c1cccc(CNC(=O)CCc2ccc(C(C)C)cc2)c1. The molecule has 0 fully saturated rings. The van der Waals surface area contributed by atoms with Gasteiger partial charge in [-0.25, -0.2) is 0 Å². The Hall–Kier alpha value is -2.62. The predicted molar refractivity (Wildman–Crippen MR) is 114 cm³/mol. The van der Waals surface area contributed by atoms with Gasteiger partial charge in [-0.1, -0.05) is 57.2 Å². The second-order valence-electron chi connectivity index (χ2n) is 7.66. The Bertz CT molecular complexity index is 781. The molecule has 0 saturated carbocycles. The van der Waals surface area contributed by atoms with Gasteiger partial charge < -0.3 is 10.6 Å². The fourth-order valence-corrected chi connectivity index (χ4v) is 2.85. The molecule has 0 bridgehead atoms. The van der Waals surface area contributed by atoms with Crippen LogP contribution in [0, 0.1) is 0 Å². The predicted octanol–water partition coefficient (Wildman–Crippen LogP) is 4.59. The number of aryl methyl sites for hydroxylation is 1. The lowest BCUT2D eigenvalue weighted by Gasteiger charge is -2.12. The number of rotatable bonds is 9. The first-order valence-corrected chi connectivity index (χ1v) is 10.1. The van der Waals surface area contributed by atoms with Crippen LogP contribution in [0.25, 0.3) is 0 Å². The highest BCUT2D eigenvalue weighted by Crippen LogP contribution is 2.15. The van der Waals surface area contributed by atoms with Crippen molar-refractivity contribution in [2.75, 3.05) is 0 Å². The van der Waals surface area contributed by atoms with E-state index in [1.54, 1.807) is 6.07 Å². The van der Waals surface area contributed by atoms with E-state index >= 15 is 0 Å². The third-order valence-corrected chi connectivity index (χ3v) is 4.96. The molecule has 0 radical (unpaired) electrons. The van der Waals surface area contributed by atoms with Gasteiger partial charge in [0.2, 0.25) is 5.91 Å². The summed E-state index contributed by atoms with van der Waals surface area (Å²) in [7, 11) is 0. The Kier molecular flexibility index (Phi) is 8.24. The monoisotopic (exact) mass is 380 g/mol. The first kappa shape index (κ1) is 21.7. The number of nitrogens with one attached hydrogen (secondary N) is 2. The molecule has 0 aliphatic carbocycles. The Morgan fingerprint density at radius 3 is 2.32 bits per heavy atom. The zero-order chi connectivity index (χ0) is 20.5. The Balaban J connectivity index is 1.82. The van der Waals surface area contributed by atoms with Crippen LogP contribution >= 0.6 is 0 Å². The molecule has 0 heterocycles. The van der Waals surface area contributed by atoms with Gasteiger partial charge in [-0.15, -0.1) is 0 Å². The first-order valence-electron chi connectivity index (χ1n) is 10.1. The summed E-state index contributed by atoms with van der Waals surface area (Å²) >= 11 is 0. The van der Waals surface area contributed by atoms with Crippen molar-refractivity contribution in [2.24, 2.45) is 0 Å². The summed E-state index contributed by atoms with van der Waals surface area (Å²) in [5, 5.41) is 5.91. The Morgan fingerprint density at radius 1 is 0.964 bits per heavy atom. The summed E-state index contributed by atoms with van der Waals surface area (Å²) in [4.78, 5) is 24.4. The maximum atomic E-state index is 12.2. The zero-order valence-electron chi connectivity index (χ0n) is 17.4. The van der Waals surface area contributed by atoms with E-state index in [1.165, 1.54) is 11.1 Å². The minimum atomic E-state index is -0.0765. The number of benzene rings is 2. The Labute approximate surface area is 168 Å². The third-order valence-electron chi connectivity index (χ3n) is 4.96. The van der Waals surface area contributed by atoms with Gasteiger partial charge in [0, 0.05) is 24.6 Å². The molecule has 1 unspecified atom stereocenters. The van der Waals surface area contributed by atoms with Gasteiger partial charge in [0.1, 0.15) is 0 Å². The summed E-state index contributed by atoms with van der Waals surface area (Å²) in [5.41, 5.74) is 4.03. The van der Waals surface area contributed by atoms with E-state index in [0.29, 0.717) is 24.4 Å². The fourth-order valence-electron chi connectivity index (χ4n) is 2.85. The molecule has 2 N–H and O–H groups in total. The summed E-state index contributed by atoms with van der Waals surface area (Å²) in [6.45, 7) is 8.79. The largest absolute Gasteiger partial charge is 0.352 e. The average Bonchev–Trinajstić information content (AvgIpc) is 2.71. The molecule has 0 aliphatic rings. The van der Waals surface area contributed by atoms with Crippen LogP contribution in [0.1, 0.15) is 73.5 Å². The topological polar surface area (TPSA) is 58.2 Å². The van der Waals surface area contributed by atoms with E-state index in [9.17, 15) is 9.59 Å². The van der Waals surface area contributed by atoms with Gasteiger partial charge in [-0.3, -0.25) is 9.59 Å². The van der Waals surface area contributed by atoms with E-state index in [2.05, 4.69) is 48.7 Å². The average molecular weight is 381 g/mol. The molecule has 2 amide bonds. The number of amides is 2. The lowest BCUT2D eigenvalue weighted by atomic mass is 10.0. The van der Waals surface area contributed by atoms with E-state index in [1.807, 2.05) is 32.0 Å². The van der Waals surface area contributed by atoms with Gasteiger partial charge in [0.15, 0.2) is 0 Å². The van der Waals surface area contributed by atoms with Crippen molar-refractivity contribution >= 4 is 11.8 Å². The molecule has 2 aromatic carbocycles. The minimum Gasteiger partial charge on any atom is -0.352 e. The smallest absolute Gasteiger partial charge is 0.251 e. The molecule has 4 heteroatoms. The summed E-state index contributed by atoms with van der Waals surface area (Å²) in [6, 6.07) is 16.0. The van der Waals surface area contributed by atoms with Crippen molar-refractivity contribution in [3.8, 4) is 0 Å². The molecule has 2 aromatic rings. The normalized spacial score (nSPS) is 11.9. The van der Waals surface area contributed by atoms with Crippen LogP contribution in [0.5, 0.6) is 0 Å². The van der Waals surface area contributed by atoms with Crippen LogP contribution in [-0.2, 0) is 17.8 Å². The summed E-state index contributed by atoms with van der Waals surface area (Å²) < 4.78 is 0. The van der Waals surface area contributed by atoms with Crippen LogP contribution in [-0.4, -0.2) is 17.9 Å². The van der Waals surface area contributed by atoms with Crippen molar-refractivity contribution in [1.82, 2.24) is 10.6 Å². The van der Waals surface area contributed by atoms with Gasteiger partial charge in [-0.2, -0.15) is 0 Å². The van der Waals surface area contributed by atoms with E-state index in [0.717, 1.165) is 18.4 Å². The molecule has 0 spiro atoms. The molecule has 0 saturated heterocycles. The second kappa shape index (κ2) is 10.6. The summed E-state index contributed by atoms with van der Waals surface area (Å²) in [6.07, 6.45) is 2.07. The van der Waals surface area contributed by atoms with Crippen molar-refractivity contribution < 1.29 is 9.59 Å². The van der Waals surface area contributed by atoms with Crippen LogP contribution < -0.4 is 10.6 Å². The molecule has 4 nitrogen and oxygen atoms in total. The van der Waals surface area contributed by atoms with E-state index < -0.39 is 0 Å². The van der Waals surface area contributed by atoms with Crippen molar-refractivity contribution in [3.63, 3.8) is 0 Å². The van der Waals surface area contributed by atoms with Crippen LogP contribution in [0.2, 0.25) is 0 Å². The second-order valence-corrected chi connectivity index (χ2v) is 7.66. The highest BCUT2D eigenvalue weighted by atomic mass is 16.2. The van der Waals surface area contributed by atoms with Crippen LogP contribution in [0.3, 0.4) is 0 Å². The molecule has 2 rings (SSSR count). The quantitative estimate of drug-likeness (QED) is 0.669. The van der Waals surface area contributed by atoms with Gasteiger partial charge in [0.05, 0.1) is 0 Å². The molecule has 0 aromatic heterocycles. The number of hydrogen-bond donors (Lipinski definition) is 2. The van der Waals surface area contributed by atoms with E-state index in [-0.39, 0.29) is 17.9 Å². The lowest BCUT2D eigenvalue weighted by molar-refractivity contribution is -0.121. The van der Waals surface area contributed by atoms with Crippen LogP contribution in [0.15, 0.2) is 48.5 Å². The molecule has 28 heavy (non-hydrogen) atoms. The molecule has 1 atom stereocenters. The summed E-state index contributed by atoms with van der Waals surface area (Å²) in [5.74, 6) is 0.454. The molecular formula is C24H32N2O2. The highest BCUT2D eigenvalue weighted by Gasteiger charge is 2.09. The number of carbonyl (C=O) groups excluding carboxylic acids is 2. The lowest BCUT2D eigenvalue weighted by Crippen LogP contribution is -2.32. The zero-order valence-corrected chi connectivity index (χ0v) is 17.4. The van der Waals surface area contributed by atoms with Crippen molar-refractivity contribution in [3.05, 3.63) is 70.8 Å². The van der Waals surface area contributed by atoms with Gasteiger partial charge in [0.25, 0.3) is 5.91 Å². The van der Waals surface area contributed by atoms with Gasteiger partial charge in [-0.05, 0) is 54.5 Å². The Morgan fingerprint density at radius 2 is 1.68 bits per heavy atom. The van der Waals surface area contributed by atoms with Crippen molar-refractivity contribution in [1.29, 1.82) is 0 Å². The molecule has 150 valence electrons. The molecule has 0 aliphatic heterocycles. The van der Waals surface area contributed by atoms with Crippen LogP contribution in [0.4, 0.5) is 0 Å². The van der Waals surface area contributed by atoms with Crippen molar-refractivity contribution in [2.45, 2.75) is 65.5 Å². The molecular weight excluding hydrogens is 348 g/mol. The standard InChI is InChI=1S/C24H32N2O2/c1-5-18(4)26-24(28)22-8-6-7-20(15-22)16-25-23(27)14-11-19-9-12-21(13-10-19)17(2)3/h6-10,12-13,15,17-18H,5,11,14,16H2,1-4H3,(H,25,27)(H,26,28). The highest BCUT2D eigenvalue weighted by molar-refractivity contribution is 5.94.